The molecule has 0 radical (unpaired) electrons. The fourth-order valence-electron chi connectivity index (χ4n) is 1.78. The molecule has 0 saturated heterocycles. The van der Waals surface area contributed by atoms with Gasteiger partial charge in [-0.1, -0.05) is 60.7 Å². The number of benzene rings is 2. The molecule has 1 unspecified atom stereocenters. The lowest BCUT2D eigenvalue weighted by Gasteiger charge is -2.04. The van der Waals surface area contributed by atoms with Gasteiger partial charge in [-0.25, -0.2) is 0 Å². The number of hydrogen-bond donors (Lipinski definition) is 2. The molecule has 2 rings (SSSR count). The molecule has 0 aliphatic rings. The third-order valence-corrected chi connectivity index (χ3v) is 3.14. The fourth-order valence-corrected chi connectivity index (χ4v) is 1.78. The van der Waals surface area contributed by atoms with Gasteiger partial charge in [0, 0.05) is 6.42 Å². The van der Waals surface area contributed by atoms with Crippen LogP contribution < -0.4 is 0 Å². The number of rotatable bonds is 5. The third-order valence-electron chi connectivity index (χ3n) is 3.14. The minimum absolute atomic E-state index is 0.212. The van der Waals surface area contributed by atoms with E-state index in [1.165, 1.54) is 0 Å². The predicted octanol–water partition coefficient (Wildman–Crippen LogP) is 3.58. The van der Waals surface area contributed by atoms with Crippen LogP contribution >= 0.6 is 0 Å². The summed E-state index contributed by atoms with van der Waals surface area (Å²) in [4.78, 5) is 20.7. The second kappa shape index (κ2) is 9.34. The number of carbonyl (C=O) groups is 2. The van der Waals surface area contributed by atoms with Crippen LogP contribution in [0.4, 0.5) is 0 Å². The highest BCUT2D eigenvalue weighted by Crippen LogP contribution is 2.13. The Kier molecular flexibility index (Phi) is 7.40. The van der Waals surface area contributed by atoms with E-state index in [2.05, 4.69) is 0 Å². The number of carboxylic acids is 2. The van der Waals surface area contributed by atoms with Gasteiger partial charge in [0.25, 0.3) is 0 Å². The lowest BCUT2D eigenvalue weighted by Crippen LogP contribution is -2.06. The van der Waals surface area contributed by atoms with Gasteiger partial charge in [-0.3, -0.25) is 9.59 Å². The van der Waals surface area contributed by atoms with Crippen LogP contribution in [0, 0.1) is 0 Å². The minimum Gasteiger partial charge on any atom is -0.481 e. The molecule has 0 aromatic heterocycles. The first kappa shape index (κ1) is 17.4. The van der Waals surface area contributed by atoms with Crippen LogP contribution in [0.1, 0.15) is 30.4 Å². The van der Waals surface area contributed by atoms with E-state index in [0.29, 0.717) is 6.42 Å². The Morgan fingerprint density at radius 1 is 0.909 bits per heavy atom. The van der Waals surface area contributed by atoms with E-state index in [0.717, 1.165) is 11.1 Å². The van der Waals surface area contributed by atoms with Gasteiger partial charge >= 0.3 is 11.9 Å². The summed E-state index contributed by atoms with van der Waals surface area (Å²) in [5.74, 6) is -1.93. The lowest BCUT2D eigenvalue weighted by atomic mass is 10.0. The van der Waals surface area contributed by atoms with Gasteiger partial charge in [0.05, 0.1) is 5.92 Å². The second-order valence-electron chi connectivity index (χ2n) is 4.85. The highest BCUT2D eigenvalue weighted by Gasteiger charge is 2.11. The summed E-state index contributed by atoms with van der Waals surface area (Å²) in [5.41, 5.74) is 1.93. The van der Waals surface area contributed by atoms with Gasteiger partial charge in [0.2, 0.25) is 0 Å². The smallest absolute Gasteiger partial charge is 0.310 e. The number of hydrogen-bond acceptors (Lipinski definition) is 2. The fraction of sp³-hybridized carbons (Fsp3) is 0.222. The Bertz CT molecular complexity index is 579. The summed E-state index contributed by atoms with van der Waals surface area (Å²) in [6.07, 6.45) is 0.834. The average Bonchev–Trinajstić information content (AvgIpc) is 2.54. The molecule has 0 saturated carbocycles. The molecule has 116 valence electrons. The minimum atomic E-state index is -0.781. The first-order chi connectivity index (χ1) is 10.5. The molecule has 0 bridgehead atoms. The molecular formula is C18H20O4. The average molecular weight is 300 g/mol. The predicted molar refractivity (Wildman–Crippen MR) is 84.9 cm³/mol. The van der Waals surface area contributed by atoms with Gasteiger partial charge in [0.15, 0.2) is 0 Å². The molecule has 22 heavy (non-hydrogen) atoms. The Balaban J connectivity index is 0.000000220. The zero-order chi connectivity index (χ0) is 16.4. The number of carboxylic acid groups (broad SMARTS) is 2. The monoisotopic (exact) mass is 300 g/mol. The van der Waals surface area contributed by atoms with Crippen LogP contribution in [0.2, 0.25) is 0 Å². The van der Waals surface area contributed by atoms with Crippen LogP contribution in [0.15, 0.2) is 60.7 Å². The normalized spacial score (nSPS) is 11.0. The van der Waals surface area contributed by atoms with Gasteiger partial charge in [-0.2, -0.15) is 0 Å². The standard InChI is InChI=1S/2C9H10O2/c1-7(9(10)11)8-5-3-2-4-6-8;10-9(11)7-6-8-4-2-1-3-5-8/h2-7H,1H3,(H,10,11);1-5H,6-7H2,(H,10,11). The van der Waals surface area contributed by atoms with E-state index in [1.807, 2.05) is 60.7 Å². The molecule has 2 aromatic carbocycles. The Labute approximate surface area is 130 Å². The third kappa shape index (κ3) is 6.70. The van der Waals surface area contributed by atoms with E-state index in [1.54, 1.807) is 6.92 Å². The molecule has 4 nitrogen and oxygen atoms in total. The molecule has 0 fully saturated rings. The Morgan fingerprint density at radius 2 is 1.41 bits per heavy atom. The van der Waals surface area contributed by atoms with Crippen molar-refractivity contribution in [2.24, 2.45) is 0 Å². The van der Waals surface area contributed by atoms with E-state index in [4.69, 9.17) is 10.2 Å². The van der Waals surface area contributed by atoms with Crippen LogP contribution in [-0.2, 0) is 16.0 Å². The summed E-state index contributed by atoms with van der Waals surface area (Å²) in [7, 11) is 0. The van der Waals surface area contributed by atoms with Gasteiger partial charge < -0.3 is 10.2 Å². The Morgan fingerprint density at radius 3 is 1.86 bits per heavy atom. The van der Waals surface area contributed by atoms with E-state index in [-0.39, 0.29) is 6.42 Å². The van der Waals surface area contributed by atoms with Crippen molar-refractivity contribution in [1.29, 1.82) is 0 Å². The van der Waals surface area contributed by atoms with E-state index in [9.17, 15) is 9.59 Å². The zero-order valence-electron chi connectivity index (χ0n) is 12.5. The molecule has 0 heterocycles. The summed E-state index contributed by atoms with van der Waals surface area (Å²) in [6, 6.07) is 18.8. The summed E-state index contributed by atoms with van der Waals surface area (Å²) >= 11 is 0. The maximum absolute atomic E-state index is 10.5. The van der Waals surface area contributed by atoms with Crippen molar-refractivity contribution >= 4 is 11.9 Å². The Hall–Kier alpha value is -2.62. The van der Waals surface area contributed by atoms with Crippen molar-refractivity contribution in [2.45, 2.75) is 25.7 Å². The van der Waals surface area contributed by atoms with Crippen LogP contribution in [0.5, 0.6) is 0 Å². The van der Waals surface area contributed by atoms with Crippen LogP contribution in [0.3, 0.4) is 0 Å². The molecule has 1 atom stereocenters. The summed E-state index contributed by atoms with van der Waals surface area (Å²) in [6.45, 7) is 1.68. The van der Waals surface area contributed by atoms with E-state index >= 15 is 0 Å². The molecule has 0 aliphatic heterocycles. The maximum Gasteiger partial charge on any atom is 0.310 e. The molecular weight excluding hydrogens is 280 g/mol. The summed E-state index contributed by atoms with van der Waals surface area (Å²) in [5, 5.41) is 17.0. The molecule has 0 aliphatic carbocycles. The maximum atomic E-state index is 10.5. The van der Waals surface area contributed by atoms with Gasteiger partial charge in [-0.05, 0) is 24.5 Å². The van der Waals surface area contributed by atoms with E-state index < -0.39 is 17.9 Å². The second-order valence-corrected chi connectivity index (χ2v) is 4.85. The summed E-state index contributed by atoms with van der Waals surface area (Å²) < 4.78 is 0. The largest absolute Gasteiger partial charge is 0.481 e. The van der Waals surface area contributed by atoms with Crippen molar-refractivity contribution < 1.29 is 19.8 Å². The molecule has 2 N–H and O–H groups in total. The van der Waals surface area contributed by atoms with Gasteiger partial charge in [0.1, 0.15) is 0 Å². The van der Waals surface area contributed by atoms with Crippen molar-refractivity contribution in [2.75, 3.05) is 0 Å². The molecule has 0 spiro atoms. The van der Waals surface area contributed by atoms with Gasteiger partial charge in [-0.15, -0.1) is 0 Å². The lowest BCUT2D eigenvalue weighted by molar-refractivity contribution is -0.138. The topological polar surface area (TPSA) is 74.6 Å². The van der Waals surface area contributed by atoms with Crippen molar-refractivity contribution in [3.8, 4) is 0 Å². The number of aliphatic carboxylic acids is 2. The highest BCUT2D eigenvalue weighted by molar-refractivity contribution is 5.75. The van der Waals surface area contributed by atoms with Crippen LogP contribution in [-0.4, -0.2) is 22.2 Å². The number of aryl methyl sites for hydroxylation is 1. The zero-order valence-corrected chi connectivity index (χ0v) is 12.5. The quantitative estimate of drug-likeness (QED) is 0.885. The molecule has 0 amide bonds. The van der Waals surface area contributed by atoms with Crippen molar-refractivity contribution in [3.05, 3.63) is 71.8 Å². The first-order valence-corrected chi connectivity index (χ1v) is 7.04. The molecule has 2 aromatic rings. The SMILES string of the molecule is CC(C(=O)O)c1ccccc1.O=C(O)CCc1ccccc1. The van der Waals surface area contributed by atoms with Crippen molar-refractivity contribution in [1.82, 2.24) is 0 Å². The molecule has 4 heteroatoms. The van der Waals surface area contributed by atoms with Crippen LogP contribution in [0.25, 0.3) is 0 Å². The first-order valence-electron chi connectivity index (χ1n) is 7.04. The van der Waals surface area contributed by atoms with Crippen molar-refractivity contribution in [3.63, 3.8) is 0 Å². The highest BCUT2D eigenvalue weighted by atomic mass is 16.4.